The number of nitrogens with zero attached hydrogens (tertiary/aromatic N) is 4. The Bertz CT molecular complexity index is 395. The largest absolute Gasteiger partial charge is 0.387 e. The number of anilines is 1. The van der Waals surface area contributed by atoms with E-state index in [1.165, 1.54) is 11.5 Å². The van der Waals surface area contributed by atoms with E-state index in [-0.39, 0.29) is 0 Å². The molecule has 1 fully saturated rings. The first-order valence-corrected chi connectivity index (χ1v) is 7.24. The van der Waals surface area contributed by atoms with Crippen LogP contribution in [0.25, 0.3) is 0 Å². The molecule has 0 spiro atoms. The lowest BCUT2D eigenvalue weighted by Gasteiger charge is -2.40. The molecule has 0 unspecified atom stereocenters. The van der Waals surface area contributed by atoms with Gasteiger partial charge in [0.1, 0.15) is 5.82 Å². The minimum Gasteiger partial charge on any atom is -0.387 e. The Labute approximate surface area is 113 Å². The highest BCUT2D eigenvalue weighted by Gasteiger charge is 2.34. The zero-order chi connectivity index (χ0) is 13.2. The smallest absolute Gasteiger partial charge is 0.205 e. The van der Waals surface area contributed by atoms with Crippen LogP contribution in [0.2, 0.25) is 0 Å². The van der Waals surface area contributed by atoms with Gasteiger partial charge in [0.25, 0.3) is 0 Å². The molecule has 1 aromatic heterocycles. The van der Waals surface area contributed by atoms with E-state index in [1.54, 1.807) is 0 Å². The summed E-state index contributed by atoms with van der Waals surface area (Å²) in [5.41, 5.74) is -0.625. The topological polar surface area (TPSA) is 52.5 Å². The van der Waals surface area contributed by atoms with E-state index >= 15 is 0 Å². The number of rotatable bonds is 4. The molecular weight excluding hydrogens is 248 g/mol. The van der Waals surface area contributed by atoms with E-state index in [0.29, 0.717) is 13.1 Å². The summed E-state index contributed by atoms with van der Waals surface area (Å²) in [6.07, 6.45) is 2.73. The van der Waals surface area contributed by atoms with Gasteiger partial charge in [0.05, 0.1) is 12.1 Å². The maximum absolute atomic E-state index is 10.6. The second-order valence-electron chi connectivity index (χ2n) is 5.33. The van der Waals surface area contributed by atoms with Crippen molar-refractivity contribution in [3.05, 3.63) is 5.82 Å². The van der Waals surface area contributed by atoms with E-state index < -0.39 is 5.60 Å². The van der Waals surface area contributed by atoms with Gasteiger partial charge in [-0.1, -0.05) is 6.92 Å². The second kappa shape index (κ2) is 5.50. The molecule has 2 heterocycles. The Morgan fingerprint density at radius 1 is 1.50 bits per heavy atom. The number of β-amino-alcohol motifs (C(OH)–C–C–N with tert-alkyl or cyclic N) is 1. The summed E-state index contributed by atoms with van der Waals surface area (Å²) in [5.74, 6) is 0.900. The summed E-state index contributed by atoms with van der Waals surface area (Å²) in [7, 11) is 3.99. The van der Waals surface area contributed by atoms with Crippen LogP contribution in [0, 0.1) is 0 Å². The van der Waals surface area contributed by atoms with Gasteiger partial charge in [-0.3, -0.25) is 0 Å². The van der Waals surface area contributed by atoms with Crippen molar-refractivity contribution in [1.82, 2.24) is 14.3 Å². The SMILES string of the molecule is CCc1nsc(N2CCC[C@@](O)(CN(C)C)C2)n1. The van der Waals surface area contributed by atoms with Crippen molar-refractivity contribution in [2.24, 2.45) is 0 Å². The zero-order valence-electron chi connectivity index (χ0n) is 11.4. The van der Waals surface area contributed by atoms with Crippen LogP contribution in [-0.2, 0) is 6.42 Å². The lowest BCUT2D eigenvalue weighted by Crippen LogP contribution is -2.53. The highest BCUT2D eigenvalue weighted by atomic mass is 32.1. The number of likely N-dealkylation sites (N-methyl/N-ethyl adjacent to an activating group) is 1. The van der Waals surface area contributed by atoms with Crippen LogP contribution in [0.4, 0.5) is 5.13 Å². The fraction of sp³-hybridized carbons (Fsp3) is 0.833. The zero-order valence-corrected chi connectivity index (χ0v) is 12.2. The molecule has 0 radical (unpaired) electrons. The van der Waals surface area contributed by atoms with Crippen molar-refractivity contribution in [3.8, 4) is 0 Å². The Hall–Kier alpha value is -0.720. The quantitative estimate of drug-likeness (QED) is 0.884. The molecule has 0 aliphatic carbocycles. The van der Waals surface area contributed by atoms with Gasteiger partial charge in [-0.05, 0) is 26.9 Å². The van der Waals surface area contributed by atoms with Gasteiger partial charge in [0.15, 0.2) is 0 Å². The van der Waals surface area contributed by atoms with Gasteiger partial charge in [0.2, 0.25) is 5.13 Å². The lowest BCUT2D eigenvalue weighted by molar-refractivity contribution is 0.00369. The summed E-state index contributed by atoms with van der Waals surface area (Å²) < 4.78 is 4.32. The molecule has 18 heavy (non-hydrogen) atoms. The van der Waals surface area contributed by atoms with Crippen molar-refractivity contribution in [2.75, 3.05) is 38.6 Å². The Morgan fingerprint density at radius 2 is 2.28 bits per heavy atom. The summed E-state index contributed by atoms with van der Waals surface area (Å²) in [6, 6.07) is 0. The molecule has 1 aliphatic heterocycles. The predicted molar refractivity (Wildman–Crippen MR) is 74.2 cm³/mol. The predicted octanol–water partition coefficient (Wildman–Crippen LogP) is 0.993. The number of hydrogen-bond donors (Lipinski definition) is 1. The summed E-state index contributed by atoms with van der Waals surface area (Å²) >= 11 is 1.44. The van der Waals surface area contributed by atoms with Gasteiger partial charge >= 0.3 is 0 Å². The molecule has 0 saturated carbocycles. The Kier molecular flexibility index (Phi) is 4.19. The van der Waals surface area contributed by atoms with Crippen LogP contribution in [0.3, 0.4) is 0 Å². The summed E-state index contributed by atoms with van der Waals surface area (Å²) in [5, 5.41) is 11.6. The maximum atomic E-state index is 10.6. The van der Waals surface area contributed by atoms with Gasteiger partial charge in [-0.25, -0.2) is 4.98 Å². The third-order valence-corrected chi connectivity index (χ3v) is 4.02. The number of aromatic nitrogens is 2. The molecular formula is C12H22N4OS. The third kappa shape index (κ3) is 3.18. The number of piperidine rings is 1. The standard InChI is InChI=1S/C12H22N4OS/c1-4-10-13-11(18-14-10)16-7-5-6-12(17,9-16)8-15(2)3/h17H,4-9H2,1-3H3/t12-/m1/s1. The average Bonchev–Trinajstić information content (AvgIpc) is 2.75. The van der Waals surface area contributed by atoms with E-state index in [9.17, 15) is 5.11 Å². The molecule has 2 rings (SSSR count). The number of aryl methyl sites for hydroxylation is 1. The molecule has 0 aromatic carbocycles. The Balaban J connectivity index is 2.06. The van der Waals surface area contributed by atoms with Crippen molar-refractivity contribution in [2.45, 2.75) is 31.8 Å². The molecule has 1 aromatic rings. The first-order chi connectivity index (χ1) is 8.52. The highest BCUT2D eigenvalue weighted by Crippen LogP contribution is 2.27. The van der Waals surface area contributed by atoms with Crippen molar-refractivity contribution in [3.63, 3.8) is 0 Å². The molecule has 5 nitrogen and oxygen atoms in total. The fourth-order valence-electron chi connectivity index (χ4n) is 2.51. The molecule has 0 amide bonds. The first-order valence-electron chi connectivity index (χ1n) is 6.47. The monoisotopic (exact) mass is 270 g/mol. The third-order valence-electron chi connectivity index (χ3n) is 3.21. The van der Waals surface area contributed by atoms with Crippen LogP contribution in [0.15, 0.2) is 0 Å². The van der Waals surface area contributed by atoms with Crippen LogP contribution in [0.1, 0.15) is 25.6 Å². The van der Waals surface area contributed by atoms with Crippen LogP contribution < -0.4 is 4.90 Å². The average molecular weight is 270 g/mol. The minimum atomic E-state index is -0.625. The van der Waals surface area contributed by atoms with Gasteiger partial charge in [0, 0.05) is 31.0 Å². The van der Waals surface area contributed by atoms with Gasteiger partial charge < -0.3 is 14.9 Å². The normalized spacial score (nSPS) is 24.8. The molecule has 1 aliphatic rings. The molecule has 1 N–H and O–H groups in total. The lowest BCUT2D eigenvalue weighted by atomic mass is 9.93. The van der Waals surface area contributed by atoms with Gasteiger partial charge in [-0.2, -0.15) is 4.37 Å². The van der Waals surface area contributed by atoms with E-state index in [4.69, 9.17) is 0 Å². The van der Waals surface area contributed by atoms with Crippen molar-refractivity contribution in [1.29, 1.82) is 0 Å². The summed E-state index contributed by atoms with van der Waals surface area (Å²) in [6.45, 7) is 4.38. The minimum absolute atomic E-state index is 0.625. The van der Waals surface area contributed by atoms with Crippen LogP contribution in [-0.4, -0.2) is 58.7 Å². The van der Waals surface area contributed by atoms with Crippen molar-refractivity contribution < 1.29 is 5.11 Å². The first kappa shape index (κ1) is 13.7. The van der Waals surface area contributed by atoms with Gasteiger partial charge in [-0.15, -0.1) is 0 Å². The van der Waals surface area contributed by atoms with Crippen LogP contribution in [0.5, 0.6) is 0 Å². The molecule has 6 heteroatoms. The fourth-order valence-corrected chi connectivity index (χ4v) is 3.28. The van der Waals surface area contributed by atoms with E-state index in [0.717, 1.165) is 36.8 Å². The molecule has 1 atom stereocenters. The molecule has 1 saturated heterocycles. The number of hydrogen-bond acceptors (Lipinski definition) is 6. The van der Waals surface area contributed by atoms with E-state index in [1.807, 2.05) is 19.0 Å². The highest BCUT2D eigenvalue weighted by molar-refractivity contribution is 7.09. The number of aliphatic hydroxyl groups is 1. The Morgan fingerprint density at radius 3 is 2.89 bits per heavy atom. The second-order valence-corrected chi connectivity index (χ2v) is 6.06. The maximum Gasteiger partial charge on any atom is 0.205 e. The van der Waals surface area contributed by atoms with E-state index in [2.05, 4.69) is 21.2 Å². The molecule has 0 bridgehead atoms. The van der Waals surface area contributed by atoms with Crippen LogP contribution >= 0.6 is 11.5 Å². The molecule has 102 valence electrons. The van der Waals surface area contributed by atoms with Crippen molar-refractivity contribution >= 4 is 16.7 Å². The summed E-state index contributed by atoms with van der Waals surface area (Å²) in [4.78, 5) is 8.72.